The van der Waals surface area contributed by atoms with Crippen LogP contribution in [0.4, 0.5) is 11.4 Å². The number of benzene rings is 1. The molecule has 100 valence electrons. The van der Waals surface area contributed by atoms with Gasteiger partial charge in [0.2, 0.25) is 5.91 Å². The molecule has 1 amide bonds. The van der Waals surface area contributed by atoms with E-state index in [2.05, 4.69) is 5.32 Å². The summed E-state index contributed by atoms with van der Waals surface area (Å²) in [5, 5.41) is 2.81. The standard InChI is InChI=1S/C13H20N2O3/c1-9-4-5-11(14)10(2)13(9)15-12(16)8-18-7-6-17-3/h4-5H,6-8,14H2,1-3H3,(H,15,16). The van der Waals surface area contributed by atoms with Gasteiger partial charge in [-0.3, -0.25) is 4.79 Å². The average molecular weight is 252 g/mol. The molecule has 0 aromatic heterocycles. The molecular formula is C13H20N2O3. The number of anilines is 2. The van der Waals surface area contributed by atoms with Crippen molar-refractivity contribution in [3.63, 3.8) is 0 Å². The van der Waals surface area contributed by atoms with Gasteiger partial charge in [-0.25, -0.2) is 0 Å². The number of nitrogens with two attached hydrogens (primary N) is 1. The van der Waals surface area contributed by atoms with Crippen molar-refractivity contribution in [2.75, 3.05) is 38.0 Å². The van der Waals surface area contributed by atoms with Gasteiger partial charge in [-0.05, 0) is 31.0 Å². The van der Waals surface area contributed by atoms with Crippen LogP contribution < -0.4 is 11.1 Å². The Morgan fingerprint density at radius 1 is 1.33 bits per heavy atom. The number of hydrogen-bond donors (Lipinski definition) is 2. The number of methoxy groups -OCH3 is 1. The number of nitrogens with one attached hydrogen (secondary N) is 1. The summed E-state index contributed by atoms with van der Waals surface area (Å²) in [5.41, 5.74) is 9.08. The molecule has 0 aliphatic heterocycles. The van der Waals surface area contributed by atoms with Gasteiger partial charge in [0.05, 0.1) is 13.2 Å². The maximum atomic E-state index is 11.7. The molecule has 0 saturated carbocycles. The Hall–Kier alpha value is -1.59. The van der Waals surface area contributed by atoms with Gasteiger partial charge in [-0.15, -0.1) is 0 Å². The quantitative estimate of drug-likeness (QED) is 0.594. The van der Waals surface area contributed by atoms with Crippen molar-refractivity contribution in [1.82, 2.24) is 0 Å². The predicted octanol–water partition coefficient (Wildman–Crippen LogP) is 1.49. The fourth-order valence-electron chi connectivity index (χ4n) is 1.54. The number of ether oxygens (including phenoxy) is 2. The van der Waals surface area contributed by atoms with Gasteiger partial charge in [0.15, 0.2) is 0 Å². The van der Waals surface area contributed by atoms with Gasteiger partial charge >= 0.3 is 0 Å². The van der Waals surface area contributed by atoms with E-state index in [4.69, 9.17) is 15.2 Å². The highest BCUT2D eigenvalue weighted by molar-refractivity contribution is 5.94. The van der Waals surface area contributed by atoms with Crippen LogP contribution in [-0.2, 0) is 14.3 Å². The van der Waals surface area contributed by atoms with Crippen LogP contribution in [0.1, 0.15) is 11.1 Å². The lowest BCUT2D eigenvalue weighted by molar-refractivity contribution is -0.121. The summed E-state index contributed by atoms with van der Waals surface area (Å²) >= 11 is 0. The largest absolute Gasteiger partial charge is 0.398 e. The summed E-state index contributed by atoms with van der Waals surface area (Å²) in [6, 6.07) is 3.71. The zero-order valence-corrected chi connectivity index (χ0v) is 11.1. The Morgan fingerprint density at radius 3 is 2.72 bits per heavy atom. The molecule has 0 aliphatic rings. The minimum absolute atomic E-state index is 0.0110. The third kappa shape index (κ3) is 4.01. The molecule has 0 aliphatic carbocycles. The van der Waals surface area contributed by atoms with Crippen molar-refractivity contribution >= 4 is 17.3 Å². The third-order valence-electron chi connectivity index (χ3n) is 2.64. The fourth-order valence-corrected chi connectivity index (χ4v) is 1.54. The molecule has 5 heteroatoms. The molecule has 0 radical (unpaired) electrons. The molecule has 0 heterocycles. The molecule has 1 aromatic carbocycles. The van der Waals surface area contributed by atoms with Crippen LogP contribution in [0, 0.1) is 13.8 Å². The van der Waals surface area contributed by atoms with Gasteiger partial charge in [-0.1, -0.05) is 6.07 Å². The molecular weight excluding hydrogens is 232 g/mol. The Kier molecular flexibility index (Phi) is 5.61. The molecule has 0 saturated heterocycles. The average Bonchev–Trinajstić information content (AvgIpc) is 2.35. The number of aryl methyl sites for hydroxylation is 1. The highest BCUT2D eigenvalue weighted by Gasteiger charge is 2.09. The van der Waals surface area contributed by atoms with E-state index in [1.807, 2.05) is 26.0 Å². The molecule has 0 unspecified atom stereocenters. The van der Waals surface area contributed by atoms with Crippen LogP contribution in [0.15, 0.2) is 12.1 Å². The first kappa shape index (κ1) is 14.5. The van der Waals surface area contributed by atoms with E-state index in [1.54, 1.807) is 7.11 Å². The van der Waals surface area contributed by atoms with Crippen molar-refractivity contribution in [3.05, 3.63) is 23.3 Å². The zero-order valence-electron chi connectivity index (χ0n) is 11.1. The minimum Gasteiger partial charge on any atom is -0.398 e. The third-order valence-corrected chi connectivity index (χ3v) is 2.64. The molecule has 1 aromatic rings. The maximum Gasteiger partial charge on any atom is 0.250 e. The van der Waals surface area contributed by atoms with E-state index < -0.39 is 0 Å². The molecule has 0 bridgehead atoms. The number of carbonyl (C=O) groups excluding carboxylic acids is 1. The maximum absolute atomic E-state index is 11.7. The number of hydrogen-bond acceptors (Lipinski definition) is 4. The van der Waals surface area contributed by atoms with E-state index >= 15 is 0 Å². The molecule has 18 heavy (non-hydrogen) atoms. The molecule has 0 spiro atoms. The number of nitrogen functional groups attached to an aromatic ring is 1. The van der Waals surface area contributed by atoms with Crippen LogP contribution in [-0.4, -0.2) is 32.8 Å². The number of amides is 1. The van der Waals surface area contributed by atoms with Gasteiger partial charge < -0.3 is 20.5 Å². The van der Waals surface area contributed by atoms with Gasteiger partial charge in [0, 0.05) is 18.5 Å². The van der Waals surface area contributed by atoms with E-state index in [0.29, 0.717) is 18.9 Å². The Morgan fingerprint density at radius 2 is 2.06 bits per heavy atom. The van der Waals surface area contributed by atoms with Crippen LogP contribution in [0.3, 0.4) is 0 Å². The first-order valence-corrected chi connectivity index (χ1v) is 5.78. The van der Waals surface area contributed by atoms with E-state index in [0.717, 1.165) is 16.8 Å². The van der Waals surface area contributed by atoms with Crippen LogP contribution in [0.2, 0.25) is 0 Å². The first-order valence-electron chi connectivity index (χ1n) is 5.78. The van der Waals surface area contributed by atoms with Crippen LogP contribution >= 0.6 is 0 Å². The van der Waals surface area contributed by atoms with Crippen molar-refractivity contribution in [3.8, 4) is 0 Å². The monoisotopic (exact) mass is 252 g/mol. The summed E-state index contributed by atoms with van der Waals surface area (Å²) in [7, 11) is 1.59. The summed E-state index contributed by atoms with van der Waals surface area (Å²) < 4.78 is 9.97. The Labute approximate surface area is 107 Å². The second-order valence-corrected chi connectivity index (χ2v) is 4.07. The van der Waals surface area contributed by atoms with Crippen molar-refractivity contribution in [1.29, 1.82) is 0 Å². The Balaban J connectivity index is 2.57. The summed E-state index contributed by atoms with van der Waals surface area (Å²) in [5.74, 6) is -0.192. The van der Waals surface area contributed by atoms with Crippen molar-refractivity contribution in [2.45, 2.75) is 13.8 Å². The predicted molar refractivity (Wildman–Crippen MR) is 71.7 cm³/mol. The van der Waals surface area contributed by atoms with Gasteiger partial charge in [0.25, 0.3) is 0 Å². The number of carbonyl (C=O) groups is 1. The van der Waals surface area contributed by atoms with E-state index in [-0.39, 0.29) is 12.5 Å². The van der Waals surface area contributed by atoms with Crippen molar-refractivity contribution in [2.24, 2.45) is 0 Å². The Bertz CT molecular complexity index is 419. The molecule has 0 fully saturated rings. The zero-order chi connectivity index (χ0) is 13.5. The van der Waals surface area contributed by atoms with Crippen molar-refractivity contribution < 1.29 is 14.3 Å². The minimum atomic E-state index is -0.192. The fraction of sp³-hybridized carbons (Fsp3) is 0.462. The normalized spacial score (nSPS) is 10.4. The van der Waals surface area contributed by atoms with E-state index in [1.165, 1.54) is 0 Å². The molecule has 1 rings (SSSR count). The summed E-state index contributed by atoms with van der Waals surface area (Å²) in [6.07, 6.45) is 0. The smallest absolute Gasteiger partial charge is 0.250 e. The number of rotatable bonds is 6. The van der Waals surface area contributed by atoms with Crippen LogP contribution in [0.5, 0.6) is 0 Å². The lowest BCUT2D eigenvalue weighted by atomic mass is 10.1. The molecule has 0 atom stereocenters. The van der Waals surface area contributed by atoms with Gasteiger partial charge in [0.1, 0.15) is 6.61 Å². The SMILES string of the molecule is COCCOCC(=O)Nc1c(C)ccc(N)c1C. The van der Waals surface area contributed by atoms with Crippen LogP contribution in [0.25, 0.3) is 0 Å². The highest BCUT2D eigenvalue weighted by Crippen LogP contribution is 2.24. The topological polar surface area (TPSA) is 73.6 Å². The lowest BCUT2D eigenvalue weighted by Gasteiger charge is -2.13. The lowest BCUT2D eigenvalue weighted by Crippen LogP contribution is -2.21. The summed E-state index contributed by atoms with van der Waals surface area (Å²) in [4.78, 5) is 11.7. The second-order valence-electron chi connectivity index (χ2n) is 4.07. The van der Waals surface area contributed by atoms with E-state index in [9.17, 15) is 4.79 Å². The summed E-state index contributed by atoms with van der Waals surface area (Å²) in [6.45, 7) is 4.69. The first-order chi connectivity index (χ1) is 8.56. The highest BCUT2D eigenvalue weighted by atomic mass is 16.5. The second kappa shape index (κ2) is 6.98. The molecule has 3 N–H and O–H groups in total. The molecule has 5 nitrogen and oxygen atoms in total. The van der Waals surface area contributed by atoms with Gasteiger partial charge in [-0.2, -0.15) is 0 Å².